The molecule has 2 aromatic heterocycles. The summed E-state index contributed by atoms with van der Waals surface area (Å²) in [5, 5.41) is 3.48. The van der Waals surface area contributed by atoms with Gasteiger partial charge in [-0.1, -0.05) is 11.8 Å². The minimum atomic E-state index is -0.605. The highest BCUT2D eigenvalue weighted by atomic mass is 32.2. The Morgan fingerprint density at radius 3 is 2.59 bits per heavy atom. The van der Waals surface area contributed by atoms with E-state index in [1.807, 2.05) is 6.92 Å². The van der Waals surface area contributed by atoms with Gasteiger partial charge >= 0.3 is 5.97 Å². The number of carbonyl (C=O) groups is 3. The van der Waals surface area contributed by atoms with Crippen LogP contribution in [0.4, 0.5) is 5.00 Å². The van der Waals surface area contributed by atoms with Crippen LogP contribution in [0.3, 0.4) is 0 Å². The van der Waals surface area contributed by atoms with Gasteiger partial charge in [0, 0.05) is 26.0 Å². The molecule has 0 bridgehead atoms. The Balaban J connectivity index is 2.20. The molecular weight excluding hydrogens is 388 g/mol. The molecule has 10 heteroatoms. The molecule has 0 radical (unpaired) electrons. The highest BCUT2D eigenvalue weighted by Gasteiger charge is 2.27. The van der Waals surface area contributed by atoms with Crippen molar-refractivity contribution in [2.24, 2.45) is 0 Å². The number of aromatic nitrogens is 2. The maximum Gasteiger partial charge on any atom is 0.341 e. The third-order valence-corrected chi connectivity index (χ3v) is 5.55. The Morgan fingerprint density at radius 1 is 1.30 bits per heavy atom. The number of hydrogen-bond acceptors (Lipinski definition) is 8. The zero-order chi connectivity index (χ0) is 20.1. The third-order valence-electron chi connectivity index (χ3n) is 3.49. The smallest absolute Gasteiger partial charge is 0.341 e. The third kappa shape index (κ3) is 5.04. The maximum absolute atomic E-state index is 12.3. The Kier molecular flexibility index (Phi) is 6.92. The average molecular weight is 409 g/mol. The van der Waals surface area contributed by atoms with Crippen molar-refractivity contribution in [1.29, 1.82) is 0 Å². The van der Waals surface area contributed by atoms with E-state index >= 15 is 0 Å². The van der Waals surface area contributed by atoms with Gasteiger partial charge in [0.25, 0.3) is 5.91 Å². The van der Waals surface area contributed by atoms with E-state index in [2.05, 4.69) is 15.3 Å². The van der Waals surface area contributed by atoms with Crippen molar-refractivity contribution in [3.05, 3.63) is 34.0 Å². The second-order valence-corrected chi connectivity index (χ2v) is 7.73. The Labute approximate surface area is 165 Å². The van der Waals surface area contributed by atoms with Gasteiger partial charge in [-0.2, -0.15) is 0 Å². The predicted octanol–water partition coefficient (Wildman–Crippen LogP) is 2.37. The highest BCUT2D eigenvalue weighted by molar-refractivity contribution is 7.99. The molecule has 0 aromatic carbocycles. The van der Waals surface area contributed by atoms with Crippen molar-refractivity contribution in [2.75, 3.05) is 32.3 Å². The number of anilines is 1. The normalized spacial score (nSPS) is 10.4. The monoisotopic (exact) mass is 408 g/mol. The lowest BCUT2D eigenvalue weighted by Crippen LogP contribution is -2.21. The van der Waals surface area contributed by atoms with Crippen LogP contribution < -0.4 is 5.32 Å². The number of carbonyl (C=O) groups excluding carboxylic acids is 3. The summed E-state index contributed by atoms with van der Waals surface area (Å²) in [7, 11) is 4.50. The summed E-state index contributed by atoms with van der Waals surface area (Å²) in [4.78, 5) is 46.9. The number of ether oxygens (including phenoxy) is 1. The van der Waals surface area contributed by atoms with Gasteiger partial charge in [-0.05, 0) is 25.5 Å². The molecule has 1 N–H and O–H groups in total. The molecule has 8 nitrogen and oxygen atoms in total. The van der Waals surface area contributed by atoms with Crippen LogP contribution in [0.1, 0.15) is 31.3 Å². The first-order valence-electron chi connectivity index (χ1n) is 7.90. The maximum atomic E-state index is 12.3. The summed E-state index contributed by atoms with van der Waals surface area (Å²) in [6, 6.07) is 1.77. The number of esters is 1. The fourth-order valence-electron chi connectivity index (χ4n) is 2.14. The first-order valence-corrected chi connectivity index (χ1v) is 9.70. The summed E-state index contributed by atoms with van der Waals surface area (Å²) in [6.07, 6.45) is 1.62. The van der Waals surface area contributed by atoms with Gasteiger partial charge in [-0.25, -0.2) is 14.8 Å². The molecule has 0 aliphatic heterocycles. The zero-order valence-corrected chi connectivity index (χ0v) is 17.3. The number of nitrogens with one attached hydrogen (secondary N) is 1. The molecule has 0 atom stereocenters. The molecule has 144 valence electrons. The first kappa shape index (κ1) is 20.8. The number of rotatable bonds is 6. The van der Waals surface area contributed by atoms with Crippen LogP contribution in [0.2, 0.25) is 0 Å². The Morgan fingerprint density at radius 2 is 2.00 bits per heavy atom. The minimum Gasteiger partial charge on any atom is -0.465 e. The van der Waals surface area contributed by atoms with Crippen molar-refractivity contribution in [2.45, 2.75) is 19.0 Å². The number of hydrogen-bond donors (Lipinski definition) is 1. The molecule has 2 heterocycles. The molecule has 0 fully saturated rings. The largest absolute Gasteiger partial charge is 0.465 e. The van der Waals surface area contributed by atoms with Crippen LogP contribution in [0.25, 0.3) is 0 Å². The van der Waals surface area contributed by atoms with Crippen LogP contribution in [0, 0.1) is 13.8 Å². The molecule has 0 unspecified atom stereocenters. The number of nitrogens with zero attached hydrogens (tertiary/aromatic N) is 3. The van der Waals surface area contributed by atoms with Crippen LogP contribution >= 0.6 is 23.1 Å². The summed E-state index contributed by atoms with van der Waals surface area (Å²) in [6.45, 7) is 3.50. The van der Waals surface area contributed by atoms with Crippen LogP contribution in [0.5, 0.6) is 0 Å². The summed E-state index contributed by atoms with van der Waals surface area (Å²) < 4.78 is 4.80. The zero-order valence-electron chi connectivity index (χ0n) is 15.7. The van der Waals surface area contributed by atoms with Crippen LogP contribution in [0.15, 0.2) is 17.4 Å². The number of aryl methyl sites for hydroxylation is 1. The van der Waals surface area contributed by atoms with E-state index < -0.39 is 5.97 Å². The minimum absolute atomic E-state index is 0.0674. The van der Waals surface area contributed by atoms with Gasteiger partial charge < -0.3 is 15.0 Å². The lowest BCUT2D eigenvalue weighted by molar-refractivity contribution is -0.113. The molecule has 0 spiro atoms. The Hall–Kier alpha value is -2.46. The molecule has 0 aliphatic rings. The Bertz CT molecular complexity index is 880. The molecule has 2 aromatic rings. The second kappa shape index (κ2) is 8.96. The molecule has 0 saturated carbocycles. The van der Waals surface area contributed by atoms with Gasteiger partial charge in [0.2, 0.25) is 5.91 Å². The highest BCUT2D eigenvalue weighted by Crippen LogP contribution is 2.34. The fourth-order valence-corrected chi connectivity index (χ4v) is 4.05. The van der Waals surface area contributed by atoms with E-state index in [-0.39, 0.29) is 23.1 Å². The second-order valence-electron chi connectivity index (χ2n) is 5.77. The van der Waals surface area contributed by atoms with E-state index in [1.165, 1.54) is 23.8 Å². The number of thiophene rings is 1. The number of amides is 2. The van der Waals surface area contributed by atoms with Crippen molar-refractivity contribution in [3.8, 4) is 0 Å². The molecule has 2 amide bonds. The van der Waals surface area contributed by atoms with E-state index in [0.717, 1.165) is 17.0 Å². The number of methoxy groups -OCH3 is 1. The molecule has 27 heavy (non-hydrogen) atoms. The molecule has 0 saturated heterocycles. The van der Waals surface area contributed by atoms with E-state index in [4.69, 9.17) is 4.74 Å². The lowest BCUT2D eigenvalue weighted by Gasteiger charge is -2.08. The fraction of sp³-hybridized carbons (Fsp3) is 0.353. The van der Waals surface area contributed by atoms with Gasteiger partial charge in [-0.15, -0.1) is 11.3 Å². The van der Waals surface area contributed by atoms with E-state index in [0.29, 0.717) is 20.6 Å². The van der Waals surface area contributed by atoms with Crippen LogP contribution in [-0.4, -0.2) is 59.6 Å². The first-order chi connectivity index (χ1) is 12.7. The van der Waals surface area contributed by atoms with E-state index in [1.54, 1.807) is 33.3 Å². The van der Waals surface area contributed by atoms with Crippen molar-refractivity contribution < 1.29 is 19.1 Å². The molecule has 0 aliphatic carbocycles. The quantitative estimate of drug-likeness (QED) is 0.445. The average Bonchev–Trinajstić information content (AvgIpc) is 2.94. The van der Waals surface area contributed by atoms with E-state index in [9.17, 15) is 14.4 Å². The SMILES string of the molecule is COC(=O)c1c(NC(=O)CSc2nccc(C)n2)sc(C(=O)N(C)C)c1C. The van der Waals surface area contributed by atoms with Crippen molar-refractivity contribution in [1.82, 2.24) is 14.9 Å². The summed E-state index contributed by atoms with van der Waals surface area (Å²) in [5.74, 6) is -1.12. The van der Waals surface area contributed by atoms with Gasteiger partial charge in [-0.3, -0.25) is 9.59 Å². The lowest BCUT2D eigenvalue weighted by atomic mass is 10.1. The van der Waals surface area contributed by atoms with Gasteiger partial charge in [0.15, 0.2) is 5.16 Å². The predicted molar refractivity (Wildman–Crippen MR) is 105 cm³/mol. The number of thioether (sulfide) groups is 1. The summed E-state index contributed by atoms with van der Waals surface area (Å²) in [5.41, 5.74) is 1.48. The summed E-state index contributed by atoms with van der Waals surface area (Å²) >= 11 is 2.24. The van der Waals surface area contributed by atoms with Crippen molar-refractivity contribution in [3.63, 3.8) is 0 Å². The van der Waals surface area contributed by atoms with Crippen LogP contribution in [-0.2, 0) is 9.53 Å². The van der Waals surface area contributed by atoms with Crippen molar-refractivity contribution >= 4 is 45.9 Å². The standard InChI is InChI=1S/C17H20N4O4S2/c1-9-6-7-18-17(19-9)26-8-11(22)20-14-12(16(24)25-5)10(2)13(27-14)15(23)21(3)4/h6-7H,8H2,1-5H3,(H,20,22). The topological polar surface area (TPSA) is 101 Å². The van der Waals surface area contributed by atoms with Gasteiger partial charge in [0.05, 0.1) is 23.3 Å². The molecular formula is C17H20N4O4S2. The molecule has 2 rings (SSSR count). The van der Waals surface area contributed by atoms with Gasteiger partial charge in [0.1, 0.15) is 5.00 Å².